The highest BCUT2D eigenvalue weighted by Crippen LogP contribution is 2.11. The number of hydrogen-bond acceptors (Lipinski definition) is 4. The van der Waals surface area contributed by atoms with Crippen LogP contribution in [-0.2, 0) is 0 Å². The molecular formula is C14H12N2O2. The molecule has 0 spiro atoms. The molecule has 18 heavy (non-hydrogen) atoms. The second-order valence-electron chi connectivity index (χ2n) is 3.91. The molecule has 0 saturated carbocycles. The average Bonchev–Trinajstić information content (AvgIpc) is 2.40. The van der Waals surface area contributed by atoms with Crippen LogP contribution in [0.2, 0.25) is 0 Å². The Kier molecular flexibility index (Phi) is 3.57. The molecule has 0 aliphatic heterocycles. The summed E-state index contributed by atoms with van der Waals surface area (Å²) in [5, 5.41) is 0. The van der Waals surface area contributed by atoms with E-state index in [-0.39, 0.29) is 23.8 Å². The van der Waals surface area contributed by atoms with Gasteiger partial charge in [0.05, 0.1) is 6.42 Å². The smallest absolute Gasteiger partial charge is 0.207 e. The van der Waals surface area contributed by atoms with Crippen LogP contribution in [0, 0.1) is 6.92 Å². The van der Waals surface area contributed by atoms with Crippen LogP contribution < -0.4 is 0 Å². The molecule has 0 aliphatic rings. The Morgan fingerprint density at radius 1 is 1.00 bits per heavy atom. The predicted molar refractivity (Wildman–Crippen MR) is 66.5 cm³/mol. The first-order chi connectivity index (χ1) is 8.68. The van der Waals surface area contributed by atoms with Gasteiger partial charge >= 0.3 is 0 Å². The first kappa shape index (κ1) is 12.1. The summed E-state index contributed by atoms with van der Waals surface area (Å²) in [5.41, 5.74) is 1.44. The molecule has 2 rings (SSSR count). The number of ketones is 2. The van der Waals surface area contributed by atoms with Crippen molar-refractivity contribution in [2.24, 2.45) is 0 Å². The molecule has 0 unspecified atom stereocenters. The predicted octanol–water partition coefficient (Wildman–Crippen LogP) is 2.24. The lowest BCUT2D eigenvalue weighted by Gasteiger charge is -2.03. The Hall–Kier alpha value is -2.36. The third kappa shape index (κ3) is 2.66. The van der Waals surface area contributed by atoms with Gasteiger partial charge in [-0.15, -0.1) is 0 Å². The molecule has 0 fully saturated rings. The van der Waals surface area contributed by atoms with Crippen LogP contribution in [0.25, 0.3) is 0 Å². The Morgan fingerprint density at radius 2 is 1.67 bits per heavy atom. The highest BCUT2D eigenvalue weighted by molar-refractivity contribution is 6.12. The minimum absolute atomic E-state index is 0.0828. The van der Waals surface area contributed by atoms with Gasteiger partial charge in [-0.2, -0.15) is 0 Å². The van der Waals surface area contributed by atoms with E-state index >= 15 is 0 Å². The summed E-state index contributed by atoms with van der Waals surface area (Å²) in [5.74, 6) is -0.478. The number of benzene rings is 1. The van der Waals surface area contributed by atoms with E-state index in [2.05, 4.69) is 9.97 Å². The van der Waals surface area contributed by atoms with Crippen LogP contribution in [-0.4, -0.2) is 21.5 Å². The van der Waals surface area contributed by atoms with E-state index in [4.69, 9.17) is 0 Å². The second kappa shape index (κ2) is 5.31. The average molecular weight is 240 g/mol. The summed E-state index contributed by atoms with van der Waals surface area (Å²) in [4.78, 5) is 31.4. The van der Waals surface area contributed by atoms with Crippen molar-refractivity contribution >= 4 is 11.6 Å². The maximum atomic E-state index is 12.0. The molecule has 1 aromatic carbocycles. The van der Waals surface area contributed by atoms with Gasteiger partial charge in [-0.05, 0) is 18.6 Å². The van der Waals surface area contributed by atoms with E-state index in [0.29, 0.717) is 5.56 Å². The molecule has 0 saturated heterocycles. The molecule has 0 bridgehead atoms. The van der Waals surface area contributed by atoms with Gasteiger partial charge in [0.15, 0.2) is 11.6 Å². The first-order valence-electron chi connectivity index (χ1n) is 5.57. The molecule has 1 aromatic heterocycles. The van der Waals surface area contributed by atoms with Gasteiger partial charge in [0, 0.05) is 18.0 Å². The third-order valence-corrected chi connectivity index (χ3v) is 2.58. The Labute approximate surface area is 105 Å². The third-order valence-electron chi connectivity index (χ3n) is 2.58. The maximum absolute atomic E-state index is 12.0. The number of aromatic nitrogens is 2. The van der Waals surface area contributed by atoms with Crippen LogP contribution in [0.4, 0.5) is 0 Å². The highest BCUT2D eigenvalue weighted by atomic mass is 16.1. The summed E-state index contributed by atoms with van der Waals surface area (Å²) in [6.07, 6.45) is 2.77. The Balaban J connectivity index is 2.14. The van der Waals surface area contributed by atoms with Crippen molar-refractivity contribution in [3.05, 3.63) is 59.7 Å². The summed E-state index contributed by atoms with van der Waals surface area (Å²) >= 11 is 0. The van der Waals surface area contributed by atoms with E-state index < -0.39 is 0 Å². The topological polar surface area (TPSA) is 59.9 Å². The van der Waals surface area contributed by atoms with E-state index in [0.717, 1.165) is 5.56 Å². The molecule has 4 heteroatoms. The fourth-order valence-corrected chi connectivity index (χ4v) is 1.65. The number of carbonyl (C=O) groups excluding carboxylic acids is 2. The summed E-state index contributed by atoms with van der Waals surface area (Å²) in [7, 11) is 0. The number of rotatable bonds is 4. The normalized spacial score (nSPS) is 10.1. The number of carbonyl (C=O) groups is 2. The van der Waals surface area contributed by atoms with Crippen LogP contribution in [0.5, 0.6) is 0 Å². The molecule has 1 heterocycles. The standard InChI is InChI=1S/C14H12N2O2/c1-10-5-2-3-6-11(10)12(17)9-13(18)14-15-7-4-8-16-14/h2-8H,9H2,1H3. The summed E-state index contributed by atoms with van der Waals surface area (Å²) in [6, 6.07) is 8.82. The van der Waals surface area contributed by atoms with Gasteiger partial charge < -0.3 is 0 Å². The minimum Gasteiger partial charge on any atom is -0.294 e. The number of Topliss-reactive ketones (excluding diaryl/α,β-unsaturated/α-hetero) is 2. The first-order valence-corrected chi connectivity index (χ1v) is 5.57. The van der Waals surface area contributed by atoms with E-state index in [1.165, 1.54) is 12.4 Å². The number of nitrogens with zero attached hydrogens (tertiary/aromatic N) is 2. The van der Waals surface area contributed by atoms with Crippen LogP contribution in [0.3, 0.4) is 0 Å². The van der Waals surface area contributed by atoms with Crippen LogP contribution in [0.15, 0.2) is 42.7 Å². The Morgan fingerprint density at radius 3 is 2.33 bits per heavy atom. The van der Waals surface area contributed by atoms with Gasteiger partial charge in [0.25, 0.3) is 0 Å². The molecule has 0 atom stereocenters. The molecule has 0 N–H and O–H groups in total. The van der Waals surface area contributed by atoms with Crippen molar-refractivity contribution in [3.63, 3.8) is 0 Å². The van der Waals surface area contributed by atoms with Gasteiger partial charge in [0.1, 0.15) is 0 Å². The second-order valence-corrected chi connectivity index (χ2v) is 3.91. The quantitative estimate of drug-likeness (QED) is 0.607. The lowest BCUT2D eigenvalue weighted by atomic mass is 10.0. The maximum Gasteiger partial charge on any atom is 0.207 e. The monoisotopic (exact) mass is 240 g/mol. The lowest BCUT2D eigenvalue weighted by molar-refractivity contribution is 0.0888. The molecule has 2 aromatic rings. The van der Waals surface area contributed by atoms with Crippen LogP contribution >= 0.6 is 0 Å². The molecule has 0 aliphatic carbocycles. The fraction of sp³-hybridized carbons (Fsp3) is 0.143. The van der Waals surface area contributed by atoms with Crippen molar-refractivity contribution in [3.8, 4) is 0 Å². The molecular weight excluding hydrogens is 228 g/mol. The Bertz CT molecular complexity index is 579. The molecule has 0 radical (unpaired) electrons. The van der Waals surface area contributed by atoms with E-state index in [1.807, 2.05) is 19.1 Å². The fourth-order valence-electron chi connectivity index (χ4n) is 1.65. The van der Waals surface area contributed by atoms with Crippen molar-refractivity contribution in [1.82, 2.24) is 9.97 Å². The largest absolute Gasteiger partial charge is 0.294 e. The van der Waals surface area contributed by atoms with Gasteiger partial charge in [-0.25, -0.2) is 9.97 Å². The van der Waals surface area contributed by atoms with Gasteiger partial charge in [-0.1, -0.05) is 24.3 Å². The van der Waals surface area contributed by atoms with Gasteiger partial charge in [0.2, 0.25) is 5.78 Å². The van der Waals surface area contributed by atoms with Crippen molar-refractivity contribution < 1.29 is 9.59 Å². The van der Waals surface area contributed by atoms with Crippen LogP contribution in [0.1, 0.15) is 33.0 Å². The SMILES string of the molecule is Cc1ccccc1C(=O)CC(=O)c1ncccn1. The molecule has 0 amide bonds. The lowest BCUT2D eigenvalue weighted by Crippen LogP contribution is -2.12. The molecule has 4 nitrogen and oxygen atoms in total. The van der Waals surface area contributed by atoms with Crippen molar-refractivity contribution in [2.75, 3.05) is 0 Å². The highest BCUT2D eigenvalue weighted by Gasteiger charge is 2.16. The van der Waals surface area contributed by atoms with E-state index in [1.54, 1.807) is 18.2 Å². The van der Waals surface area contributed by atoms with Crippen molar-refractivity contribution in [1.29, 1.82) is 0 Å². The number of hydrogen-bond donors (Lipinski definition) is 0. The zero-order valence-corrected chi connectivity index (χ0v) is 9.96. The summed E-state index contributed by atoms with van der Waals surface area (Å²) < 4.78 is 0. The minimum atomic E-state index is -0.358. The van der Waals surface area contributed by atoms with E-state index in [9.17, 15) is 9.59 Å². The molecule has 90 valence electrons. The zero-order valence-electron chi connectivity index (χ0n) is 9.96. The van der Waals surface area contributed by atoms with Crippen molar-refractivity contribution in [2.45, 2.75) is 13.3 Å². The number of aryl methyl sites for hydroxylation is 1. The summed E-state index contributed by atoms with van der Waals surface area (Å²) in [6.45, 7) is 1.84. The zero-order chi connectivity index (χ0) is 13.0. The van der Waals surface area contributed by atoms with Gasteiger partial charge in [-0.3, -0.25) is 9.59 Å².